The number of benzene rings is 1. The molecule has 3 nitrogen and oxygen atoms in total. The van der Waals surface area contributed by atoms with Crippen molar-refractivity contribution >= 4 is 10.8 Å². The summed E-state index contributed by atoms with van der Waals surface area (Å²) in [6, 6.07) is 7.90. The van der Waals surface area contributed by atoms with Crippen molar-refractivity contribution in [2.45, 2.75) is 6.42 Å². The molecular weight excluding hydrogens is 188 g/mol. The molecule has 1 aromatic carbocycles. The molecule has 0 aliphatic carbocycles. The summed E-state index contributed by atoms with van der Waals surface area (Å²) in [5.41, 5.74) is 0.939. The Kier molecular flexibility index (Phi) is 2.51. The molecule has 74 valence electrons. The van der Waals surface area contributed by atoms with E-state index in [1.165, 1.54) is 0 Å². The number of ether oxygens (including phenoxy) is 1. The number of fused-ring (bicyclic) bond motifs is 1. The molecule has 0 aliphatic rings. The van der Waals surface area contributed by atoms with Crippen LogP contribution in [0.1, 0.15) is 5.56 Å². The summed E-state index contributed by atoms with van der Waals surface area (Å²) < 4.78 is 5.15. The Morgan fingerprint density at radius 3 is 3.00 bits per heavy atom. The Morgan fingerprint density at radius 2 is 2.27 bits per heavy atom. The average molecular weight is 198 g/mol. The fourth-order valence-electron chi connectivity index (χ4n) is 1.56. The lowest BCUT2D eigenvalue weighted by Gasteiger charge is -2.04. The van der Waals surface area contributed by atoms with Crippen molar-refractivity contribution in [1.82, 2.24) is 4.98 Å². The maximum Gasteiger partial charge on any atom is 0.119 e. The number of aromatic nitrogens is 1. The summed E-state index contributed by atoms with van der Waals surface area (Å²) >= 11 is 0. The lowest BCUT2D eigenvalue weighted by molar-refractivity contribution is 0.415. The van der Waals surface area contributed by atoms with Gasteiger partial charge in [-0.05, 0) is 29.1 Å². The second-order valence-electron chi connectivity index (χ2n) is 3.22. The zero-order valence-corrected chi connectivity index (χ0v) is 8.40. The van der Waals surface area contributed by atoms with Gasteiger partial charge in [-0.2, -0.15) is 5.26 Å². The molecule has 0 radical (unpaired) electrons. The maximum absolute atomic E-state index is 8.70. The minimum absolute atomic E-state index is 0.373. The van der Waals surface area contributed by atoms with Crippen molar-refractivity contribution in [2.75, 3.05) is 7.11 Å². The van der Waals surface area contributed by atoms with Crippen LogP contribution < -0.4 is 4.74 Å². The molecule has 2 rings (SSSR count). The van der Waals surface area contributed by atoms with E-state index in [0.717, 1.165) is 22.1 Å². The van der Waals surface area contributed by atoms with Crippen molar-refractivity contribution < 1.29 is 4.74 Å². The topological polar surface area (TPSA) is 45.9 Å². The summed E-state index contributed by atoms with van der Waals surface area (Å²) in [4.78, 5) is 4.10. The van der Waals surface area contributed by atoms with Crippen LogP contribution in [0.3, 0.4) is 0 Å². The summed E-state index contributed by atoms with van der Waals surface area (Å²) in [6.07, 6.45) is 3.89. The molecule has 1 aromatic heterocycles. The molecule has 0 aliphatic heterocycles. The third-order valence-corrected chi connectivity index (χ3v) is 2.32. The fraction of sp³-hybridized carbons (Fsp3) is 0.167. The molecule has 0 spiro atoms. The molecule has 0 bridgehead atoms. The molecule has 0 N–H and O–H groups in total. The van der Waals surface area contributed by atoms with Gasteiger partial charge in [-0.25, -0.2) is 0 Å². The van der Waals surface area contributed by atoms with Crippen LogP contribution in [0.25, 0.3) is 10.8 Å². The molecule has 2 aromatic rings. The Morgan fingerprint density at radius 1 is 1.40 bits per heavy atom. The molecule has 0 fully saturated rings. The normalized spacial score (nSPS) is 9.87. The Labute approximate surface area is 87.9 Å². The van der Waals surface area contributed by atoms with E-state index in [2.05, 4.69) is 11.1 Å². The second kappa shape index (κ2) is 3.97. The van der Waals surface area contributed by atoms with Gasteiger partial charge >= 0.3 is 0 Å². The first kappa shape index (κ1) is 9.47. The van der Waals surface area contributed by atoms with Gasteiger partial charge in [0.05, 0.1) is 19.6 Å². The van der Waals surface area contributed by atoms with Gasteiger partial charge in [0.2, 0.25) is 0 Å². The highest BCUT2D eigenvalue weighted by Gasteiger charge is 2.02. The smallest absolute Gasteiger partial charge is 0.119 e. The van der Waals surface area contributed by atoms with E-state index in [9.17, 15) is 0 Å². The summed E-state index contributed by atoms with van der Waals surface area (Å²) in [5, 5.41) is 10.8. The SMILES string of the molecule is COc1ccc2cncc(CC#N)c2c1. The fourth-order valence-corrected chi connectivity index (χ4v) is 1.56. The molecular formula is C12H10N2O. The first-order valence-corrected chi connectivity index (χ1v) is 4.62. The predicted molar refractivity (Wildman–Crippen MR) is 57.6 cm³/mol. The third-order valence-electron chi connectivity index (χ3n) is 2.32. The predicted octanol–water partition coefficient (Wildman–Crippen LogP) is 2.31. The van der Waals surface area contributed by atoms with Crippen LogP contribution in [-0.4, -0.2) is 12.1 Å². The largest absolute Gasteiger partial charge is 0.497 e. The van der Waals surface area contributed by atoms with Crippen LogP contribution in [0.5, 0.6) is 5.75 Å². The third kappa shape index (κ3) is 1.75. The number of hydrogen-bond acceptors (Lipinski definition) is 3. The van der Waals surface area contributed by atoms with E-state index in [4.69, 9.17) is 10.00 Å². The highest BCUT2D eigenvalue weighted by molar-refractivity contribution is 5.86. The number of pyridine rings is 1. The first-order valence-electron chi connectivity index (χ1n) is 4.62. The lowest BCUT2D eigenvalue weighted by atomic mass is 10.1. The quantitative estimate of drug-likeness (QED) is 0.743. The summed E-state index contributed by atoms with van der Waals surface area (Å²) in [7, 11) is 1.63. The highest BCUT2D eigenvalue weighted by atomic mass is 16.5. The van der Waals surface area contributed by atoms with E-state index in [0.29, 0.717) is 6.42 Å². The minimum atomic E-state index is 0.373. The van der Waals surface area contributed by atoms with Crippen molar-refractivity contribution in [3.63, 3.8) is 0 Å². The number of nitriles is 1. The van der Waals surface area contributed by atoms with Gasteiger partial charge in [0, 0.05) is 17.8 Å². The number of nitrogens with zero attached hydrogens (tertiary/aromatic N) is 2. The van der Waals surface area contributed by atoms with Crippen molar-refractivity contribution in [3.05, 3.63) is 36.2 Å². The Bertz CT molecular complexity index is 529. The molecule has 0 amide bonds. The van der Waals surface area contributed by atoms with Crippen LogP contribution in [0, 0.1) is 11.3 Å². The molecule has 0 atom stereocenters. The van der Waals surface area contributed by atoms with Gasteiger partial charge in [-0.15, -0.1) is 0 Å². The molecule has 0 saturated heterocycles. The number of methoxy groups -OCH3 is 1. The Balaban J connectivity index is 2.66. The van der Waals surface area contributed by atoms with Crippen LogP contribution in [0.4, 0.5) is 0 Å². The van der Waals surface area contributed by atoms with E-state index in [-0.39, 0.29) is 0 Å². The molecule has 1 heterocycles. The van der Waals surface area contributed by atoms with E-state index in [1.807, 2.05) is 18.2 Å². The number of hydrogen-bond donors (Lipinski definition) is 0. The van der Waals surface area contributed by atoms with Crippen molar-refractivity contribution in [3.8, 4) is 11.8 Å². The van der Waals surface area contributed by atoms with Crippen LogP contribution in [-0.2, 0) is 6.42 Å². The first-order chi connectivity index (χ1) is 7.35. The van der Waals surface area contributed by atoms with Crippen LogP contribution in [0.2, 0.25) is 0 Å². The van der Waals surface area contributed by atoms with Crippen molar-refractivity contribution in [2.24, 2.45) is 0 Å². The van der Waals surface area contributed by atoms with E-state index < -0.39 is 0 Å². The summed E-state index contributed by atoms with van der Waals surface area (Å²) in [6.45, 7) is 0. The van der Waals surface area contributed by atoms with Crippen LogP contribution >= 0.6 is 0 Å². The van der Waals surface area contributed by atoms with Gasteiger partial charge in [0.1, 0.15) is 5.75 Å². The van der Waals surface area contributed by atoms with Gasteiger partial charge in [-0.3, -0.25) is 4.98 Å². The van der Waals surface area contributed by atoms with Crippen molar-refractivity contribution in [1.29, 1.82) is 5.26 Å². The second-order valence-corrected chi connectivity index (χ2v) is 3.22. The molecule has 0 saturated carbocycles. The zero-order valence-electron chi connectivity index (χ0n) is 8.40. The van der Waals surface area contributed by atoms with Gasteiger partial charge in [0.25, 0.3) is 0 Å². The molecule has 0 unspecified atom stereocenters. The maximum atomic E-state index is 8.70. The summed E-state index contributed by atoms with van der Waals surface area (Å²) in [5.74, 6) is 0.799. The van der Waals surface area contributed by atoms with Gasteiger partial charge in [0.15, 0.2) is 0 Å². The van der Waals surface area contributed by atoms with E-state index >= 15 is 0 Å². The minimum Gasteiger partial charge on any atom is -0.497 e. The zero-order chi connectivity index (χ0) is 10.7. The van der Waals surface area contributed by atoms with Gasteiger partial charge in [-0.1, -0.05) is 0 Å². The monoisotopic (exact) mass is 198 g/mol. The van der Waals surface area contributed by atoms with Gasteiger partial charge < -0.3 is 4.74 Å². The standard InChI is InChI=1S/C12H10N2O/c1-15-11-3-2-9-7-14-8-10(4-5-13)12(9)6-11/h2-3,6-8H,4H2,1H3. The van der Waals surface area contributed by atoms with E-state index in [1.54, 1.807) is 19.5 Å². The highest BCUT2D eigenvalue weighted by Crippen LogP contribution is 2.23. The average Bonchev–Trinajstić information content (AvgIpc) is 2.29. The molecule has 15 heavy (non-hydrogen) atoms. The Hall–Kier alpha value is -2.08. The number of rotatable bonds is 2. The lowest BCUT2D eigenvalue weighted by Crippen LogP contribution is -1.89. The van der Waals surface area contributed by atoms with Crippen LogP contribution in [0.15, 0.2) is 30.6 Å². The molecule has 3 heteroatoms.